The lowest BCUT2D eigenvalue weighted by Crippen LogP contribution is -2.51. The van der Waals surface area contributed by atoms with Gasteiger partial charge in [-0.1, -0.05) is 83.1 Å². The van der Waals surface area contributed by atoms with Crippen molar-refractivity contribution in [2.24, 2.45) is 0 Å². The fourth-order valence-electron chi connectivity index (χ4n) is 6.62. The second-order valence-electron chi connectivity index (χ2n) is 11.7. The van der Waals surface area contributed by atoms with Gasteiger partial charge < -0.3 is 8.85 Å². The minimum absolute atomic E-state index is 0.518. The standard InChI is InChI=1S/C28H46I2O2Si2/c1-17(2)33(18(3)4,19(5)6)31-26-15-24(29)13-23-14-25(30)16-27(28(23)26)32-34(20(7)8,21(9)10)22(11)12/h13-22H,1-12H3. The van der Waals surface area contributed by atoms with E-state index in [2.05, 4.69) is 153 Å². The van der Waals surface area contributed by atoms with Gasteiger partial charge in [0.15, 0.2) is 0 Å². The molecule has 0 amide bonds. The third-order valence-corrected chi connectivity index (χ3v) is 21.1. The van der Waals surface area contributed by atoms with Crippen LogP contribution in [0.2, 0.25) is 33.2 Å². The molecular weight excluding hydrogens is 678 g/mol. The van der Waals surface area contributed by atoms with Crippen molar-refractivity contribution < 1.29 is 8.85 Å². The normalized spacial score (nSPS) is 13.4. The van der Waals surface area contributed by atoms with Crippen molar-refractivity contribution in [1.82, 2.24) is 0 Å². The summed E-state index contributed by atoms with van der Waals surface area (Å²) >= 11 is 4.88. The van der Waals surface area contributed by atoms with E-state index in [1.807, 2.05) is 0 Å². The van der Waals surface area contributed by atoms with Crippen LogP contribution in [0.15, 0.2) is 24.3 Å². The highest BCUT2D eigenvalue weighted by molar-refractivity contribution is 14.1. The predicted octanol–water partition coefficient (Wildman–Crippen LogP) is 11.2. The monoisotopic (exact) mass is 724 g/mol. The highest BCUT2D eigenvalue weighted by Crippen LogP contribution is 2.49. The summed E-state index contributed by atoms with van der Waals surface area (Å²) in [6.45, 7) is 28.3. The van der Waals surface area contributed by atoms with Crippen LogP contribution in [-0.4, -0.2) is 16.6 Å². The van der Waals surface area contributed by atoms with E-state index >= 15 is 0 Å². The minimum Gasteiger partial charge on any atom is -0.542 e. The van der Waals surface area contributed by atoms with Gasteiger partial charge in [0, 0.05) is 7.14 Å². The highest BCUT2D eigenvalue weighted by Gasteiger charge is 2.49. The molecule has 192 valence electrons. The van der Waals surface area contributed by atoms with Crippen molar-refractivity contribution in [2.45, 2.75) is 116 Å². The maximum atomic E-state index is 7.32. The van der Waals surface area contributed by atoms with Gasteiger partial charge in [0.05, 0.1) is 5.39 Å². The summed E-state index contributed by atoms with van der Waals surface area (Å²) in [6, 6.07) is 9.07. The maximum absolute atomic E-state index is 7.32. The molecule has 34 heavy (non-hydrogen) atoms. The van der Waals surface area contributed by atoms with Gasteiger partial charge in [-0.3, -0.25) is 0 Å². The number of rotatable bonds is 10. The van der Waals surface area contributed by atoms with Crippen molar-refractivity contribution >= 4 is 72.6 Å². The largest absolute Gasteiger partial charge is 0.542 e. The Bertz CT molecular complexity index is 866. The summed E-state index contributed by atoms with van der Waals surface area (Å²) in [5.74, 6) is 2.05. The molecule has 0 bridgehead atoms. The van der Waals surface area contributed by atoms with E-state index in [1.54, 1.807) is 0 Å². The Morgan fingerprint density at radius 1 is 0.500 bits per heavy atom. The molecule has 0 N–H and O–H groups in total. The van der Waals surface area contributed by atoms with Gasteiger partial charge in [-0.05, 0) is 108 Å². The lowest BCUT2D eigenvalue weighted by Gasteiger charge is -2.44. The van der Waals surface area contributed by atoms with Crippen LogP contribution in [0.4, 0.5) is 0 Å². The summed E-state index contributed by atoms with van der Waals surface area (Å²) < 4.78 is 17.1. The van der Waals surface area contributed by atoms with Gasteiger partial charge in [0.1, 0.15) is 11.5 Å². The van der Waals surface area contributed by atoms with Gasteiger partial charge in [-0.2, -0.15) is 0 Å². The Morgan fingerprint density at radius 2 is 0.765 bits per heavy atom. The fraction of sp³-hybridized carbons (Fsp3) is 0.643. The molecule has 2 aromatic carbocycles. The van der Waals surface area contributed by atoms with E-state index in [9.17, 15) is 0 Å². The number of hydrogen-bond acceptors (Lipinski definition) is 2. The first-order valence-corrected chi connectivity index (χ1v) is 19.4. The Balaban J connectivity index is 2.89. The molecule has 2 rings (SSSR count). The van der Waals surface area contributed by atoms with Gasteiger partial charge in [-0.25, -0.2) is 0 Å². The number of hydrogen-bond donors (Lipinski definition) is 0. The smallest absolute Gasteiger partial charge is 0.258 e. The average Bonchev–Trinajstić information content (AvgIpc) is 2.67. The first kappa shape index (κ1) is 30.4. The van der Waals surface area contributed by atoms with Crippen LogP contribution < -0.4 is 8.85 Å². The van der Waals surface area contributed by atoms with Crippen molar-refractivity contribution in [2.75, 3.05) is 0 Å². The molecule has 0 radical (unpaired) electrons. The quantitative estimate of drug-likeness (QED) is 0.179. The van der Waals surface area contributed by atoms with E-state index in [0.29, 0.717) is 33.2 Å². The molecule has 0 aromatic heterocycles. The molecule has 0 atom stereocenters. The minimum atomic E-state index is -2.12. The van der Waals surface area contributed by atoms with Gasteiger partial charge in [0.2, 0.25) is 0 Å². The molecule has 0 saturated heterocycles. The van der Waals surface area contributed by atoms with E-state index < -0.39 is 16.6 Å². The lowest BCUT2D eigenvalue weighted by atomic mass is 10.1. The third kappa shape index (κ3) is 5.69. The van der Waals surface area contributed by atoms with Crippen LogP contribution in [-0.2, 0) is 0 Å². The number of benzene rings is 2. The molecule has 0 heterocycles. The average molecular weight is 725 g/mol. The second kappa shape index (κ2) is 11.7. The zero-order chi connectivity index (χ0) is 26.2. The number of fused-ring (bicyclic) bond motifs is 1. The summed E-state index contributed by atoms with van der Waals surface area (Å²) in [5.41, 5.74) is 3.11. The molecule has 2 nitrogen and oxygen atoms in total. The maximum Gasteiger partial charge on any atom is 0.258 e. The van der Waals surface area contributed by atoms with Crippen LogP contribution in [0.3, 0.4) is 0 Å². The summed E-state index contributed by atoms with van der Waals surface area (Å²) in [4.78, 5) is 0. The first-order chi connectivity index (χ1) is 15.6. The van der Waals surface area contributed by atoms with E-state index in [4.69, 9.17) is 8.85 Å². The van der Waals surface area contributed by atoms with Crippen LogP contribution in [0.25, 0.3) is 10.8 Å². The number of halogens is 2. The Hall–Kier alpha value is 0.194. The molecule has 2 aromatic rings. The predicted molar refractivity (Wildman–Crippen MR) is 173 cm³/mol. The zero-order valence-corrected chi connectivity index (χ0v) is 29.7. The second-order valence-corrected chi connectivity index (χ2v) is 25.0. The third-order valence-electron chi connectivity index (χ3n) is 7.89. The van der Waals surface area contributed by atoms with Crippen molar-refractivity contribution in [3.05, 3.63) is 31.4 Å². The molecule has 0 aliphatic heterocycles. The Kier molecular flexibility index (Phi) is 10.5. The summed E-state index contributed by atoms with van der Waals surface area (Å²) in [6.07, 6.45) is 0. The summed E-state index contributed by atoms with van der Waals surface area (Å²) in [7, 11) is -4.24. The van der Waals surface area contributed by atoms with Gasteiger partial charge in [-0.15, -0.1) is 0 Å². The van der Waals surface area contributed by atoms with Crippen LogP contribution in [0.5, 0.6) is 11.5 Å². The van der Waals surface area contributed by atoms with E-state index in [0.717, 1.165) is 11.5 Å². The SMILES string of the molecule is CC(C)[Si](Oc1cc(I)cc2cc(I)cc(O[Si](C(C)C)(C(C)C)C(C)C)c12)(C(C)C)C(C)C. The molecule has 0 aliphatic carbocycles. The molecule has 0 unspecified atom stereocenters. The van der Waals surface area contributed by atoms with Gasteiger partial charge >= 0.3 is 0 Å². The van der Waals surface area contributed by atoms with Crippen LogP contribution in [0, 0.1) is 7.14 Å². The molecule has 0 aliphatic rings. The molecular formula is C28H46I2O2Si2. The first-order valence-electron chi connectivity index (χ1n) is 12.9. The molecule has 0 spiro atoms. The highest BCUT2D eigenvalue weighted by atomic mass is 127. The summed E-state index contributed by atoms with van der Waals surface area (Å²) in [5, 5.41) is 2.39. The Labute approximate surface area is 238 Å². The van der Waals surface area contributed by atoms with Crippen LogP contribution in [0.1, 0.15) is 83.1 Å². The van der Waals surface area contributed by atoms with Crippen molar-refractivity contribution in [1.29, 1.82) is 0 Å². The van der Waals surface area contributed by atoms with E-state index in [-0.39, 0.29) is 0 Å². The fourth-order valence-corrected chi connectivity index (χ4v) is 18.4. The molecule has 6 heteroatoms. The van der Waals surface area contributed by atoms with E-state index in [1.165, 1.54) is 17.9 Å². The van der Waals surface area contributed by atoms with Crippen LogP contribution >= 0.6 is 45.2 Å². The van der Waals surface area contributed by atoms with Gasteiger partial charge in [0.25, 0.3) is 16.6 Å². The Morgan fingerprint density at radius 3 is 1.00 bits per heavy atom. The topological polar surface area (TPSA) is 18.5 Å². The van der Waals surface area contributed by atoms with Crippen molar-refractivity contribution in [3.8, 4) is 11.5 Å². The molecule has 0 saturated carbocycles. The lowest BCUT2D eigenvalue weighted by molar-refractivity contribution is 0.471. The zero-order valence-electron chi connectivity index (χ0n) is 23.3. The molecule has 0 fully saturated rings. The van der Waals surface area contributed by atoms with Crippen molar-refractivity contribution in [3.63, 3.8) is 0 Å².